The number of rotatable bonds is 2. The van der Waals surface area contributed by atoms with E-state index in [-0.39, 0.29) is 0 Å². The summed E-state index contributed by atoms with van der Waals surface area (Å²) in [4.78, 5) is 8.07. The predicted octanol–water partition coefficient (Wildman–Crippen LogP) is 2.64. The first-order valence-electron chi connectivity index (χ1n) is 4.07. The molecule has 3 heteroatoms. The molecule has 0 aliphatic heterocycles. The van der Waals surface area contributed by atoms with E-state index in [0.29, 0.717) is 11.2 Å². The van der Waals surface area contributed by atoms with Gasteiger partial charge >= 0.3 is 0 Å². The topological polar surface area (TPSA) is 25.8 Å². The highest BCUT2D eigenvalue weighted by molar-refractivity contribution is 6.28. The largest absolute Gasteiger partial charge is 0.226 e. The van der Waals surface area contributed by atoms with Gasteiger partial charge in [0.2, 0.25) is 5.28 Å². The second-order valence-electron chi connectivity index (χ2n) is 3.37. The van der Waals surface area contributed by atoms with E-state index in [2.05, 4.69) is 23.8 Å². The fraction of sp³-hybridized carbons (Fsp3) is 0.556. The monoisotopic (exact) mass is 184 g/mol. The van der Waals surface area contributed by atoms with Gasteiger partial charge in [-0.3, -0.25) is 0 Å². The maximum absolute atomic E-state index is 5.68. The number of halogens is 1. The Morgan fingerprint density at radius 3 is 2.75 bits per heavy atom. The third kappa shape index (κ3) is 2.45. The standard InChI is InChI=1S/C9H13ClN2/c1-6(2)4-8-7(3)5-11-9(10)12-8/h5-6H,4H2,1-3H3. The summed E-state index contributed by atoms with van der Waals surface area (Å²) >= 11 is 5.68. The van der Waals surface area contributed by atoms with Crippen molar-refractivity contribution < 1.29 is 0 Å². The lowest BCUT2D eigenvalue weighted by molar-refractivity contribution is 0.631. The van der Waals surface area contributed by atoms with Gasteiger partial charge in [-0.05, 0) is 36.4 Å². The average Bonchev–Trinajstić information content (AvgIpc) is 1.96. The molecule has 0 fully saturated rings. The highest BCUT2D eigenvalue weighted by atomic mass is 35.5. The van der Waals surface area contributed by atoms with Crippen molar-refractivity contribution in [2.45, 2.75) is 27.2 Å². The minimum atomic E-state index is 0.344. The molecule has 0 amide bonds. The van der Waals surface area contributed by atoms with Crippen LogP contribution in [0.3, 0.4) is 0 Å². The molecule has 1 rings (SSSR count). The Kier molecular flexibility index (Phi) is 3.04. The van der Waals surface area contributed by atoms with Crippen molar-refractivity contribution in [3.63, 3.8) is 0 Å². The molecule has 0 N–H and O–H groups in total. The number of hydrogen-bond acceptors (Lipinski definition) is 2. The van der Waals surface area contributed by atoms with E-state index >= 15 is 0 Å². The van der Waals surface area contributed by atoms with Crippen LogP contribution in [0.25, 0.3) is 0 Å². The summed E-state index contributed by atoms with van der Waals surface area (Å²) in [5, 5.41) is 0.344. The van der Waals surface area contributed by atoms with Crippen molar-refractivity contribution in [2.24, 2.45) is 5.92 Å². The molecule has 0 bridgehead atoms. The SMILES string of the molecule is Cc1cnc(Cl)nc1CC(C)C. The predicted molar refractivity (Wildman–Crippen MR) is 50.3 cm³/mol. The second-order valence-corrected chi connectivity index (χ2v) is 3.70. The Balaban J connectivity index is 2.90. The van der Waals surface area contributed by atoms with Gasteiger partial charge in [0, 0.05) is 11.9 Å². The molecule has 66 valence electrons. The molecule has 0 aromatic carbocycles. The lowest BCUT2D eigenvalue weighted by Gasteiger charge is -2.06. The fourth-order valence-electron chi connectivity index (χ4n) is 1.05. The van der Waals surface area contributed by atoms with Gasteiger partial charge in [0.25, 0.3) is 0 Å². The molecule has 1 aromatic rings. The van der Waals surface area contributed by atoms with Crippen LogP contribution in [0.4, 0.5) is 0 Å². The lowest BCUT2D eigenvalue weighted by atomic mass is 10.1. The highest BCUT2D eigenvalue weighted by Crippen LogP contribution is 2.11. The quantitative estimate of drug-likeness (QED) is 0.661. The molecule has 0 unspecified atom stereocenters. The number of hydrogen-bond donors (Lipinski definition) is 0. The van der Waals surface area contributed by atoms with Crippen molar-refractivity contribution in [1.82, 2.24) is 9.97 Å². The Hall–Kier alpha value is -0.630. The van der Waals surface area contributed by atoms with Crippen LogP contribution < -0.4 is 0 Å². The van der Waals surface area contributed by atoms with Crippen LogP contribution in [0.2, 0.25) is 5.28 Å². The molecular weight excluding hydrogens is 172 g/mol. The Labute approximate surface area is 78.0 Å². The summed E-state index contributed by atoms with van der Waals surface area (Å²) in [5.41, 5.74) is 2.18. The maximum Gasteiger partial charge on any atom is 0.222 e. The number of aromatic nitrogens is 2. The van der Waals surface area contributed by atoms with E-state index in [0.717, 1.165) is 17.7 Å². The van der Waals surface area contributed by atoms with E-state index in [4.69, 9.17) is 11.6 Å². The maximum atomic E-state index is 5.68. The molecule has 12 heavy (non-hydrogen) atoms. The smallest absolute Gasteiger partial charge is 0.222 e. The van der Waals surface area contributed by atoms with Crippen LogP contribution in [-0.2, 0) is 6.42 Å². The van der Waals surface area contributed by atoms with E-state index < -0.39 is 0 Å². The molecule has 0 spiro atoms. The first kappa shape index (κ1) is 9.46. The minimum Gasteiger partial charge on any atom is -0.226 e. The zero-order chi connectivity index (χ0) is 9.14. The summed E-state index contributed by atoms with van der Waals surface area (Å²) in [5.74, 6) is 0.606. The van der Waals surface area contributed by atoms with Crippen LogP contribution in [-0.4, -0.2) is 9.97 Å². The summed E-state index contributed by atoms with van der Waals surface area (Å²) in [7, 11) is 0. The number of aryl methyl sites for hydroxylation is 1. The molecule has 0 atom stereocenters. The van der Waals surface area contributed by atoms with Crippen molar-refractivity contribution >= 4 is 11.6 Å². The first-order valence-corrected chi connectivity index (χ1v) is 4.45. The Bertz CT molecular complexity index is 271. The van der Waals surface area contributed by atoms with E-state index in [1.165, 1.54) is 0 Å². The zero-order valence-corrected chi connectivity index (χ0v) is 8.39. The van der Waals surface area contributed by atoms with Crippen LogP contribution in [0.5, 0.6) is 0 Å². The zero-order valence-electron chi connectivity index (χ0n) is 7.63. The summed E-state index contributed by atoms with van der Waals surface area (Å²) in [6, 6.07) is 0. The molecule has 0 saturated heterocycles. The van der Waals surface area contributed by atoms with Crippen LogP contribution in [0.1, 0.15) is 25.1 Å². The van der Waals surface area contributed by atoms with E-state index in [1.54, 1.807) is 6.20 Å². The van der Waals surface area contributed by atoms with Crippen LogP contribution in [0, 0.1) is 12.8 Å². The van der Waals surface area contributed by atoms with Gasteiger partial charge in [0.15, 0.2) is 0 Å². The normalized spacial score (nSPS) is 10.8. The third-order valence-corrected chi connectivity index (χ3v) is 1.83. The average molecular weight is 185 g/mol. The summed E-state index contributed by atoms with van der Waals surface area (Å²) in [6.45, 7) is 6.33. The molecule has 2 nitrogen and oxygen atoms in total. The molecule has 0 saturated carbocycles. The second kappa shape index (κ2) is 3.85. The van der Waals surface area contributed by atoms with Gasteiger partial charge in [0.1, 0.15) is 0 Å². The van der Waals surface area contributed by atoms with Crippen molar-refractivity contribution in [3.05, 3.63) is 22.7 Å². The van der Waals surface area contributed by atoms with Crippen molar-refractivity contribution in [1.29, 1.82) is 0 Å². The molecule has 0 aliphatic carbocycles. The Morgan fingerprint density at radius 2 is 2.17 bits per heavy atom. The molecule has 1 heterocycles. The minimum absolute atomic E-state index is 0.344. The summed E-state index contributed by atoms with van der Waals surface area (Å²) in [6.07, 6.45) is 2.74. The molecule has 0 radical (unpaired) electrons. The van der Waals surface area contributed by atoms with Gasteiger partial charge < -0.3 is 0 Å². The van der Waals surface area contributed by atoms with E-state index in [9.17, 15) is 0 Å². The van der Waals surface area contributed by atoms with Gasteiger partial charge in [-0.25, -0.2) is 9.97 Å². The van der Waals surface area contributed by atoms with Gasteiger partial charge in [0.05, 0.1) is 0 Å². The highest BCUT2D eigenvalue weighted by Gasteiger charge is 2.04. The molecule has 1 aromatic heterocycles. The van der Waals surface area contributed by atoms with Crippen molar-refractivity contribution in [3.8, 4) is 0 Å². The molecule has 0 aliphatic rings. The van der Waals surface area contributed by atoms with Gasteiger partial charge in [-0.15, -0.1) is 0 Å². The van der Waals surface area contributed by atoms with Crippen LogP contribution in [0.15, 0.2) is 6.20 Å². The summed E-state index contributed by atoms with van der Waals surface area (Å²) < 4.78 is 0. The van der Waals surface area contributed by atoms with Gasteiger partial charge in [-0.1, -0.05) is 13.8 Å². The fourth-order valence-corrected chi connectivity index (χ4v) is 1.20. The van der Waals surface area contributed by atoms with E-state index in [1.807, 2.05) is 6.92 Å². The lowest BCUT2D eigenvalue weighted by Crippen LogP contribution is -2.01. The van der Waals surface area contributed by atoms with Crippen molar-refractivity contribution in [2.75, 3.05) is 0 Å². The first-order chi connectivity index (χ1) is 5.59. The van der Waals surface area contributed by atoms with Gasteiger partial charge in [-0.2, -0.15) is 0 Å². The number of nitrogens with zero attached hydrogens (tertiary/aromatic N) is 2. The van der Waals surface area contributed by atoms with Crippen LogP contribution >= 0.6 is 11.6 Å². The Morgan fingerprint density at radius 1 is 1.50 bits per heavy atom. The third-order valence-electron chi connectivity index (χ3n) is 1.65. The molecular formula is C9H13ClN2.